The van der Waals surface area contributed by atoms with Gasteiger partial charge in [-0.05, 0) is 0 Å². The van der Waals surface area contributed by atoms with E-state index in [-0.39, 0.29) is 0 Å². The summed E-state index contributed by atoms with van der Waals surface area (Å²) in [5.41, 5.74) is 0. The third-order valence-corrected chi connectivity index (χ3v) is 26.2. The first-order valence-corrected chi connectivity index (χ1v) is 46.6. The van der Waals surface area contributed by atoms with Gasteiger partial charge in [0, 0.05) is 55.4 Å². The molecule has 35 N–H and O–H groups in total. The van der Waals surface area contributed by atoms with Crippen molar-refractivity contribution in [1.29, 1.82) is 0 Å². The van der Waals surface area contributed by atoms with E-state index in [0.29, 0.717) is 0 Å². The molecule has 0 aliphatic carbocycles. The molecule has 11 fully saturated rings. The van der Waals surface area contributed by atoms with Crippen molar-refractivity contribution in [2.24, 2.45) is 0 Å². The van der Waals surface area contributed by atoms with Gasteiger partial charge in [-0.15, -0.1) is 0 Å². The summed E-state index contributed by atoms with van der Waals surface area (Å²) in [6.07, 6.45) is -107. The lowest BCUT2D eigenvalue weighted by Crippen LogP contribution is -2.72. The maximum atomic E-state index is 13.8. The van der Waals surface area contributed by atoms with E-state index in [4.69, 9.17) is 99.5 Å². The number of aliphatic hydroxyl groups excluding tert-OH is 27. The zero-order valence-corrected chi connectivity index (χ0v) is 79.4. The van der Waals surface area contributed by atoms with Gasteiger partial charge in [-0.1, -0.05) is 0 Å². The summed E-state index contributed by atoms with van der Waals surface area (Å²) >= 11 is 0. The molecule has 11 rings (SSSR count). The number of hydrogen-bond acceptors (Lipinski definition) is 56. The van der Waals surface area contributed by atoms with Crippen LogP contribution in [-0.4, -0.2) is 595 Å². The largest absolute Gasteiger partial charge is 0.394 e. The first-order chi connectivity index (χ1) is 69.0. The highest BCUT2D eigenvalue weighted by Crippen LogP contribution is 2.43. The van der Waals surface area contributed by atoms with Crippen LogP contribution in [0.2, 0.25) is 0 Å². The molecule has 11 heterocycles. The van der Waals surface area contributed by atoms with Crippen molar-refractivity contribution in [2.45, 2.75) is 393 Å². The summed E-state index contributed by atoms with van der Waals surface area (Å²) in [5, 5.41) is 331. The van der Waals surface area contributed by atoms with Gasteiger partial charge in [0.15, 0.2) is 69.2 Å². The van der Waals surface area contributed by atoms with E-state index in [1.54, 1.807) is 0 Å². The van der Waals surface area contributed by atoms with Crippen LogP contribution in [0.5, 0.6) is 0 Å². The molecule has 11 aliphatic rings. The molecule has 11 aliphatic heterocycles. The molecule has 0 aromatic rings. The smallest absolute Gasteiger partial charge is 0.217 e. The number of ether oxygens (including phenoxy) is 21. The van der Waals surface area contributed by atoms with E-state index in [2.05, 4.69) is 42.5 Å². The van der Waals surface area contributed by atoms with E-state index < -0.39 is 457 Å². The molecule has 64 heteroatoms. The van der Waals surface area contributed by atoms with Crippen molar-refractivity contribution < 1.29 is 276 Å². The normalized spacial score (nSPS) is 46.5. The molecule has 146 heavy (non-hydrogen) atoms. The molecule has 11 saturated heterocycles. The molecule has 0 radical (unpaired) electrons. The molecular weight excluding hydrogens is 1990 g/mol. The van der Waals surface area contributed by atoms with Crippen molar-refractivity contribution >= 4 is 47.3 Å². The quantitative estimate of drug-likeness (QED) is 0.0272. The molecule has 55 atom stereocenters. The Hall–Kier alpha value is -6.16. The summed E-state index contributed by atoms with van der Waals surface area (Å²) in [6, 6.07) is -15.9. The Morgan fingerprint density at radius 2 is 0.370 bits per heavy atom. The van der Waals surface area contributed by atoms with E-state index >= 15 is 0 Å². The zero-order chi connectivity index (χ0) is 108. The monoisotopic (exact) mass is 2130 g/mol. The number of nitrogens with one attached hydrogen (secondary N) is 8. The van der Waals surface area contributed by atoms with Crippen molar-refractivity contribution in [1.82, 2.24) is 42.5 Å². The maximum Gasteiger partial charge on any atom is 0.217 e. The topological polar surface area (TPSA) is 973 Å². The Morgan fingerprint density at radius 1 is 0.178 bits per heavy atom. The van der Waals surface area contributed by atoms with Gasteiger partial charge < -0.3 is 280 Å². The third kappa shape index (κ3) is 27.6. The van der Waals surface area contributed by atoms with Crippen molar-refractivity contribution in [2.75, 3.05) is 72.7 Å². The SMILES string of the molecule is CC(=O)N[C@@H]1[C@@H](O)[C@H](O[C@@H]2O[C@H](CO)[C@@H](O[C@@H]3O[C@H](CO[C@H]4O[C@H](CO[C@@H]5O[C@H](CO)[C@@H](O)[C@H](O)[C@H]5NC(C)=O)[C@@H](O[C@@H]5O[C@H](CO)[C@@H](O)[C@H](O)[C@H]5NC(C)=O)[C@H](O)[C@@H]4O[C@@H]4O[C@H](CO)[C@@H](O)[C@H](O)[C@H]4NC(C)=O)[C@@H](O[C@@H]4O[C@H](CO)[C@@H](O)[C@H](O)[C@H]4NC(C)=O)[C@H](O[C@H]4O[C@H](CO)[C@@H](O[C@@H]5O[C@H](CO)[C@@H](O)[C@H](O)[C@H]5NC(C)=O)[C@H](O)[C@@H]4O[C@@H]4O[C@H](CO)[C@@H](O)[C@H](O)[C@H]4NC(C)=O)[C@@H]3O)[C@H](O)[C@H]2NC(C)=O)[C@@H](CO)O[C@H]1O. The Kier molecular flexibility index (Phi) is 43.7. The summed E-state index contributed by atoms with van der Waals surface area (Å²) < 4.78 is 132. The van der Waals surface area contributed by atoms with Gasteiger partial charge in [0.25, 0.3) is 0 Å². The number of rotatable bonds is 39. The number of carbonyl (C=O) groups is 8. The average Bonchev–Trinajstić information content (AvgIpc) is 0.755. The first-order valence-electron chi connectivity index (χ1n) is 46.6. The summed E-state index contributed by atoms with van der Waals surface area (Å²) in [4.78, 5) is 105. The van der Waals surface area contributed by atoms with Gasteiger partial charge in [-0.25, -0.2) is 0 Å². The average molecular weight is 2130 g/mol. The predicted molar refractivity (Wildman–Crippen MR) is 455 cm³/mol. The minimum absolute atomic E-state index is 0.862. The lowest BCUT2D eigenvalue weighted by Gasteiger charge is -2.53. The maximum absolute atomic E-state index is 13.8. The van der Waals surface area contributed by atoms with E-state index in [9.17, 15) is 176 Å². The van der Waals surface area contributed by atoms with Gasteiger partial charge in [0.05, 0.1) is 72.7 Å². The summed E-state index contributed by atoms with van der Waals surface area (Å²) in [5.74, 6) is -7.92. The highest BCUT2D eigenvalue weighted by Gasteiger charge is 2.64. The number of aliphatic hydroxyl groups is 27. The van der Waals surface area contributed by atoms with Crippen LogP contribution in [-0.2, 0) is 138 Å². The fourth-order valence-corrected chi connectivity index (χ4v) is 18.9. The Balaban J connectivity index is 1.13. The van der Waals surface area contributed by atoms with Gasteiger partial charge in [0.1, 0.15) is 268 Å². The fraction of sp³-hybridized carbons (Fsp3) is 0.902. The Morgan fingerprint density at radius 3 is 0.678 bits per heavy atom. The number of amides is 8. The van der Waals surface area contributed by atoms with Crippen LogP contribution in [0.3, 0.4) is 0 Å². The van der Waals surface area contributed by atoms with Crippen LogP contribution in [0.1, 0.15) is 55.4 Å². The highest BCUT2D eigenvalue weighted by molar-refractivity contribution is 5.76. The second-order valence-electron chi connectivity index (χ2n) is 36.8. The summed E-state index contributed by atoms with van der Waals surface area (Å²) in [6.45, 7) is -6.44. The minimum atomic E-state index is -2.94. The number of hydrogen-bond donors (Lipinski definition) is 35. The molecule has 64 nitrogen and oxygen atoms in total. The van der Waals surface area contributed by atoms with Gasteiger partial charge in [-0.3, -0.25) is 38.4 Å². The van der Waals surface area contributed by atoms with E-state index in [1.165, 1.54) is 0 Å². The van der Waals surface area contributed by atoms with Crippen LogP contribution in [0.25, 0.3) is 0 Å². The Labute approximate surface area is 828 Å². The lowest BCUT2D eigenvalue weighted by molar-refractivity contribution is -0.413. The van der Waals surface area contributed by atoms with Gasteiger partial charge >= 0.3 is 0 Å². The van der Waals surface area contributed by atoms with Crippen molar-refractivity contribution in [3.63, 3.8) is 0 Å². The lowest BCUT2D eigenvalue weighted by atomic mass is 9.93. The zero-order valence-electron chi connectivity index (χ0n) is 79.4. The summed E-state index contributed by atoms with van der Waals surface area (Å²) in [7, 11) is 0. The molecule has 0 bridgehead atoms. The fourth-order valence-electron chi connectivity index (χ4n) is 18.9. The molecule has 8 amide bonds. The molecule has 0 aromatic carbocycles. The minimum Gasteiger partial charge on any atom is -0.394 e. The van der Waals surface area contributed by atoms with Crippen molar-refractivity contribution in [3.05, 3.63) is 0 Å². The van der Waals surface area contributed by atoms with Gasteiger partial charge in [0.2, 0.25) is 47.3 Å². The van der Waals surface area contributed by atoms with Crippen LogP contribution < -0.4 is 42.5 Å². The van der Waals surface area contributed by atoms with Gasteiger partial charge in [-0.2, -0.15) is 0 Å². The van der Waals surface area contributed by atoms with Crippen LogP contribution in [0, 0.1) is 0 Å². The molecule has 0 saturated carbocycles. The third-order valence-electron chi connectivity index (χ3n) is 26.2. The molecular formula is C82H136N8O56. The first kappa shape index (κ1) is 120. The molecule has 0 aromatic heterocycles. The number of carbonyl (C=O) groups excluding carboxylic acids is 8. The van der Waals surface area contributed by atoms with Crippen LogP contribution in [0.4, 0.5) is 0 Å². The highest BCUT2D eigenvalue weighted by atomic mass is 16.8. The predicted octanol–water partition coefficient (Wildman–Crippen LogP) is -23.8. The standard InChI is InChI=1S/C82H136N8O56/c1-20(100)83-39-59(120)64(34(15-97)128-72(39)125)139-79-46(90-27(8)107)60(121)65(35(16-98)135-79)142-80-63(124)69(144-82-71(146-78-45(89-26(7)106)58(119)52(113)33(14-96)134-78)61(122)66(36(17-99)136-82)140-74-41(85-22(3)102)54(115)48(109)29(10-92)130-74)68(143-76-43(87-24(5)104)56(117)50(111)31(12-94)132-76)38(137-80)19-127-81-70(145-77-44(88-25(6)105)57(118)51(112)32(13-95)133-77)62(123)67(141-75-42(86-23(4)103)55(116)49(110)30(11-93)131-75)37(138-81)18-126-73-40(84-21(2)101)53(114)47(108)28(9-91)129-73/h28-82,91-99,108-125H,9-19H2,1-8H3,(H,83,100)(H,84,101)(H,85,102)(H,86,103)(H,87,104)(H,88,105)(H,89,106)(H,90,107)/t28-,29-,30-,31-,32-,33-,34-,35-,36-,37-,38-,39-,40-,41-,42-,43-,44-,45-,46-,47-,48-,49-,50-,51-,52-,53-,54-,55-,56-,57-,58-,59-,60-,61+,62+,63+,64-,65-,66-,67-,68-,69-,70+,71+,72-,73-,74+,75+,76+,77+,78+,79+,80+,81+,82-/m1/s1. The molecule has 0 spiro atoms. The second kappa shape index (κ2) is 53.1. The molecule has 0 unspecified atom stereocenters. The van der Waals surface area contributed by atoms with E-state index in [0.717, 1.165) is 55.4 Å². The van der Waals surface area contributed by atoms with Crippen LogP contribution in [0.15, 0.2) is 0 Å². The Bertz CT molecular complexity index is 4180. The molecule has 840 valence electrons. The van der Waals surface area contributed by atoms with E-state index in [1.807, 2.05) is 0 Å². The van der Waals surface area contributed by atoms with Crippen LogP contribution >= 0.6 is 0 Å². The van der Waals surface area contributed by atoms with Crippen molar-refractivity contribution in [3.8, 4) is 0 Å². The second-order valence-corrected chi connectivity index (χ2v) is 36.8.